The van der Waals surface area contributed by atoms with Crippen molar-refractivity contribution < 1.29 is 9.53 Å². The largest absolute Gasteiger partial charge is 0.378 e. The van der Waals surface area contributed by atoms with Crippen molar-refractivity contribution in [1.82, 2.24) is 5.32 Å². The van der Waals surface area contributed by atoms with Gasteiger partial charge >= 0.3 is 0 Å². The SMILES string of the molecule is Cc1cccc(C(=O)NCc2ccccc2N2CCOCC2)c1. The molecule has 0 atom stereocenters. The molecule has 1 heterocycles. The van der Waals surface area contributed by atoms with Crippen LogP contribution < -0.4 is 10.2 Å². The number of carbonyl (C=O) groups is 1. The first-order chi connectivity index (χ1) is 11.2. The lowest BCUT2D eigenvalue weighted by Gasteiger charge is -2.30. The summed E-state index contributed by atoms with van der Waals surface area (Å²) in [5.41, 5.74) is 4.11. The van der Waals surface area contributed by atoms with Crippen LogP contribution in [0.5, 0.6) is 0 Å². The van der Waals surface area contributed by atoms with Crippen LogP contribution in [0.1, 0.15) is 21.5 Å². The number of amides is 1. The van der Waals surface area contributed by atoms with Crippen LogP contribution in [0.2, 0.25) is 0 Å². The molecule has 0 spiro atoms. The molecule has 4 nitrogen and oxygen atoms in total. The average Bonchev–Trinajstić information content (AvgIpc) is 2.60. The minimum absolute atomic E-state index is 0.0366. The van der Waals surface area contributed by atoms with Gasteiger partial charge in [0.15, 0.2) is 0 Å². The molecule has 1 fully saturated rings. The van der Waals surface area contributed by atoms with Crippen molar-refractivity contribution in [1.29, 1.82) is 0 Å². The first-order valence-electron chi connectivity index (χ1n) is 7.99. The first-order valence-corrected chi connectivity index (χ1v) is 7.99. The van der Waals surface area contributed by atoms with Gasteiger partial charge in [0.25, 0.3) is 5.91 Å². The number of para-hydroxylation sites is 1. The number of anilines is 1. The van der Waals surface area contributed by atoms with E-state index >= 15 is 0 Å². The highest BCUT2D eigenvalue weighted by Crippen LogP contribution is 2.21. The third-order valence-electron chi connectivity index (χ3n) is 4.06. The van der Waals surface area contributed by atoms with Gasteiger partial charge < -0.3 is 15.0 Å². The van der Waals surface area contributed by atoms with E-state index in [9.17, 15) is 4.79 Å². The highest BCUT2D eigenvalue weighted by Gasteiger charge is 2.15. The summed E-state index contributed by atoms with van der Waals surface area (Å²) in [4.78, 5) is 14.6. The van der Waals surface area contributed by atoms with Crippen molar-refractivity contribution in [2.75, 3.05) is 31.2 Å². The molecule has 2 aromatic rings. The Labute approximate surface area is 137 Å². The summed E-state index contributed by atoms with van der Waals surface area (Å²) in [6, 6.07) is 15.9. The number of rotatable bonds is 4. The molecule has 1 saturated heterocycles. The zero-order valence-electron chi connectivity index (χ0n) is 13.4. The summed E-state index contributed by atoms with van der Waals surface area (Å²) < 4.78 is 5.42. The van der Waals surface area contributed by atoms with Gasteiger partial charge in [-0.25, -0.2) is 0 Å². The summed E-state index contributed by atoms with van der Waals surface area (Å²) in [7, 11) is 0. The van der Waals surface area contributed by atoms with E-state index in [1.165, 1.54) is 5.69 Å². The van der Waals surface area contributed by atoms with Crippen molar-refractivity contribution in [3.05, 3.63) is 65.2 Å². The van der Waals surface area contributed by atoms with Gasteiger partial charge in [0, 0.05) is 30.9 Å². The Morgan fingerprint density at radius 3 is 2.70 bits per heavy atom. The molecule has 1 N–H and O–H groups in total. The van der Waals surface area contributed by atoms with Crippen molar-refractivity contribution in [2.45, 2.75) is 13.5 Å². The smallest absolute Gasteiger partial charge is 0.251 e. The number of nitrogens with zero attached hydrogens (tertiary/aromatic N) is 1. The Balaban J connectivity index is 1.69. The molecule has 0 aliphatic carbocycles. The van der Waals surface area contributed by atoms with Crippen LogP contribution in [0.25, 0.3) is 0 Å². The summed E-state index contributed by atoms with van der Waals surface area (Å²) in [5.74, 6) is -0.0366. The van der Waals surface area contributed by atoms with Gasteiger partial charge in [0.05, 0.1) is 13.2 Å². The predicted molar refractivity (Wildman–Crippen MR) is 91.8 cm³/mol. The molecule has 2 aromatic carbocycles. The van der Waals surface area contributed by atoms with Gasteiger partial charge in [-0.3, -0.25) is 4.79 Å². The maximum atomic E-state index is 12.3. The quantitative estimate of drug-likeness (QED) is 0.944. The highest BCUT2D eigenvalue weighted by atomic mass is 16.5. The van der Waals surface area contributed by atoms with Gasteiger partial charge in [0.2, 0.25) is 0 Å². The first kappa shape index (κ1) is 15.6. The van der Waals surface area contributed by atoms with E-state index in [4.69, 9.17) is 4.74 Å². The third-order valence-corrected chi connectivity index (χ3v) is 4.06. The molecule has 1 amide bonds. The Hall–Kier alpha value is -2.33. The summed E-state index contributed by atoms with van der Waals surface area (Å²) in [5, 5.41) is 3.03. The van der Waals surface area contributed by atoms with Crippen LogP contribution in [0.4, 0.5) is 5.69 Å². The number of hydrogen-bond donors (Lipinski definition) is 1. The number of morpholine rings is 1. The number of benzene rings is 2. The van der Waals surface area contributed by atoms with E-state index in [0.29, 0.717) is 12.1 Å². The fraction of sp³-hybridized carbons (Fsp3) is 0.316. The second kappa shape index (κ2) is 7.29. The molecule has 3 rings (SSSR count). The molecule has 0 aromatic heterocycles. The fourth-order valence-electron chi connectivity index (χ4n) is 2.84. The standard InChI is InChI=1S/C19H22N2O2/c1-15-5-4-7-16(13-15)19(22)20-14-17-6-2-3-8-18(17)21-9-11-23-12-10-21/h2-8,13H,9-12,14H2,1H3,(H,20,22). The third kappa shape index (κ3) is 3.90. The Morgan fingerprint density at radius 2 is 1.91 bits per heavy atom. The average molecular weight is 310 g/mol. The number of carbonyl (C=O) groups excluding carboxylic acids is 1. The molecule has 0 radical (unpaired) electrons. The van der Waals surface area contributed by atoms with Gasteiger partial charge in [-0.1, -0.05) is 35.9 Å². The van der Waals surface area contributed by atoms with E-state index in [2.05, 4.69) is 22.3 Å². The maximum Gasteiger partial charge on any atom is 0.251 e. The van der Waals surface area contributed by atoms with Crippen molar-refractivity contribution in [2.24, 2.45) is 0 Å². The van der Waals surface area contributed by atoms with E-state index in [-0.39, 0.29) is 5.91 Å². The van der Waals surface area contributed by atoms with Crippen LogP contribution in [0.15, 0.2) is 48.5 Å². The molecule has 4 heteroatoms. The highest BCUT2D eigenvalue weighted by molar-refractivity contribution is 5.94. The van der Waals surface area contributed by atoms with Crippen LogP contribution >= 0.6 is 0 Å². The van der Waals surface area contributed by atoms with Gasteiger partial charge in [-0.05, 0) is 30.7 Å². The number of hydrogen-bond acceptors (Lipinski definition) is 3. The van der Waals surface area contributed by atoms with Crippen molar-refractivity contribution in [3.63, 3.8) is 0 Å². The minimum atomic E-state index is -0.0366. The lowest BCUT2D eigenvalue weighted by molar-refractivity contribution is 0.0950. The summed E-state index contributed by atoms with van der Waals surface area (Å²) >= 11 is 0. The summed E-state index contributed by atoms with van der Waals surface area (Å²) in [6.45, 7) is 5.81. The monoisotopic (exact) mass is 310 g/mol. The summed E-state index contributed by atoms with van der Waals surface area (Å²) in [6.07, 6.45) is 0. The van der Waals surface area contributed by atoms with Crippen LogP contribution in [-0.2, 0) is 11.3 Å². The number of aryl methyl sites for hydroxylation is 1. The van der Waals surface area contributed by atoms with Crippen LogP contribution in [0.3, 0.4) is 0 Å². The van der Waals surface area contributed by atoms with Crippen LogP contribution in [-0.4, -0.2) is 32.2 Å². The number of nitrogens with one attached hydrogen (secondary N) is 1. The van der Waals surface area contributed by atoms with Crippen molar-refractivity contribution >= 4 is 11.6 Å². The van der Waals surface area contributed by atoms with E-state index in [1.807, 2.05) is 43.3 Å². The molecule has 0 unspecified atom stereocenters. The second-order valence-electron chi connectivity index (χ2n) is 5.78. The molecular formula is C19H22N2O2. The number of ether oxygens (including phenoxy) is 1. The molecular weight excluding hydrogens is 288 g/mol. The van der Waals surface area contributed by atoms with E-state index < -0.39 is 0 Å². The molecule has 0 bridgehead atoms. The van der Waals surface area contributed by atoms with E-state index in [0.717, 1.165) is 37.4 Å². The normalized spacial score (nSPS) is 14.6. The molecule has 23 heavy (non-hydrogen) atoms. The topological polar surface area (TPSA) is 41.6 Å². The Kier molecular flexibility index (Phi) is 4.93. The molecule has 1 aliphatic rings. The van der Waals surface area contributed by atoms with Crippen molar-refractivity contribution in [3.8, 4) is 0 Å². The zero-order valence-corrected chi connectivity index (χ0v) is 13.4. The lowest BCUT2D eigenvalue weighted by atomic mass is 10.1. The molecule has 1 aliphatic heterocycles. The second-order valence-corrected chi connectivity index (χ2v) is 5.78. The predicted octanol–water partition coefficient (Wildman–Crippen LogP) is 2.76. The Bertz CT molecular complexity index is 679. The molecule has 0 saturated carbocycles. The van der Waals surface area contributed by atoms with E-state index in [1.54, 1.807) is 0 Å². The van der Waals surface area contributed by atoms with Gasteiger partial charge in [-0.2, -0.15) is 0 Å². The van der Waals surface area contributed by atoms with Gasteiger partial charge in [0.1, 0.15) is 0 Å². The lowest BCUT2D eigenvalue weighted by Crippen LogP contribution is -2.37. The molecule has 120 valence electrons. The maximum absolute atomic E-state index is 12.3. The fourth-order valence-corrected chi connectivity index (χ4v) is 2.84. The minimum Gasteiger partial charge on any atom is -0.378 e. The Morgan fingerprint density at radius 1 is 1.13 bits per heavy atom. The van der Waals surface area contributed by atoms with Gasteiger partial charge in [-0.15, -0.1) is 0 Å². The van der Waals surface area contributed by atoms with Crippen LogP contribution in [0, 0.1) is 6.92 Å². The zero-order chi connectivity index (χ0) is 16.1.